The largest absolute Gasteiger partial charge is 0.485 e. The van der Waals surface area contributed by atoms with Gasteiger partial charge in [-0.3, -0.25) is 9.59 Å². The van der Waals surface area contributed by atoms with E-state index in [0.717, 1.165) is 0 Å². The average Bonchev–Trinajstić information content (AvgIpc) is 3.05. The summed E-state index contributed by atoms with van der Waals surface area (Å²) in [6, 6.07) is 7.12. The van der Waals surface area contributed by atoms with Crippen LogP contribution in [0.1, 0.15) is 0 Å². The first kappa shape index (κ1) is 14.3. The lowest BCUT2D eigenvalue weighted by atomic mass is 10.2. The topological polar surface area (TPSA) is 89.6 Å². The van der Waals surface area contributed by atoms with Crippen LogP contribution in [0, 0.1) is 0 Å². The number of ether oxygens (including phenoxy) is 2. The minimum absolute atomic E-state index is 0.108. The molecule has 0 radical (unpaired) electrons. The maximum atomic E-state index is 12.0. The molecule has 1 aliphatic heterocycles. The van der Waals surface area contributed by atoms with Crippen LogP contribution in [0.5, 0.6) is 11.5 Å². The van der Waals surface area contributed by atoms with Crippen LogP contribution in [0.3, 0.4) is 0 Å². The van der Waals surface area contributed by atoms with E-state index in [1.54, 1.807) is 29.8 Å². The first-order valence-corrected chi connectivity index (χ1v) is 7.46. The number of hydrogen-bond donors (Lipinski definition) is 2. The molecule has 7 nitrogen and oxygen atoms in total. The molecule has 2 aromatic rings. The fraction of sp³-hybridized carbons (Fsp3) is 0.214. The normalized spacial score (nSPS) is 15.9. The van der Waals surface area contributed by atoms with E-state index in [1.165, 1.54) is 11.3 Å². The van der Waals surface area contributed by atoms with E-state index in [1.807, 2.05) is 6.07 Å². The fourth-order valence-electron chi connectivity index (χ4n) is 1.88. The van der Waals surface area contributed by atoms with Crippen LogP contribution in [0.4, 0.5) is 5.13 Å². The molecular formula is C14H13N3O4S. The van der Waals surface area contributed by atoms with Gasteiger partial charge in [0.2, 0.25) is 12.0 Å². The molecule has 0 saturated heterocycles. The molecule has 1 atom stereocenters. The lowest BCUT2D eigenvalue weighted by Crippen LogP contribution is -2.46. The standard InChI is InChI=1S/C14H13N3O4S/c18-12(17-14-15-5-6-22-14)7-16-13(19)11-8-20-9-3-1-2-4-10(9)21-11/h1-6,11H,7-8H2,(H,16,19)(H,15,17,18)/t11-/m0/s1. The summed E-state index contributed by atoms with van der Waals surface area (Å²) < 4.78 is 11.0. The number of hydrogen-bond acceptors (Lipinski definition) is 6. The highest BCUT2D eigenvalue weighted by Crippen LogP contribution is 2.30. The number of rotatable bonds is 4. The third-order valence-electron chi connectivity index (χ3n) is 2.90. The molecule has 0 saturated carbocycles. The average molecular weight is 319 g/mol. The Morgan fingerprint density at radius 1 is 1.32 bits per heavy atom. The second kappa shape index (κ2) is 6.44. The van der Waals surface area contributed by atoms with E-state index in [2.05, 4.69) is 15.6 Å². The van der Waals surface area contributed by atoms with Crippen LogP contribution >= 0.6 is 11.3 Å². The van der Waals surface area contributed by atoms with Crippen molar-refractivity contribution in [2.75, 3.05) is 18.5 Å². The molecule has 22 heavy (non-hydrogen) atoms. The number of nitrogens with zero attached hydrogens (tertiary/aromatic N) is 1. The number of anilines is 1. The summed E-state index contributed by atoms with van der Waals surface area (Å²) in [5, 5.41) is 7.33. The van der Waals surface area contributed by atoms with Gasteiger partial charge in [0, 0.05) is 11.6 Å². The molecular weight excluding hydrogens is 306 g/mol. The zero-order valence-corrected chi connectivity index (χ0v) is 12.3. The fourth-order valence-corrected chi connectivity index (χ4v) is 2.42. The lowest BCUT2D eigenvalue weighted by molar-refractivity contribution is -0.131. The molecule has 2 heterocycles. The summed E-state index contributed by atoms with van der Waals surface area (Å²) in [5.74, 6) is 0.374. The zero-order chi connectivity index (χ0) is 15.4. The van der Waals surface area contributed by atoms with E-state index in [-0.39, 0.29) is 19.1 Å². The number of carbonyl (C=O) groups is 2. The van der Waals surface area contributed by atoms with Crippen molar-refractivity contribution < 1.29 is 19.1 Å². The molecule has 0 spiro atoms. The molecule has 3 rings (SSSR count). The summed E-state index contributed by atoms with van der Waals surface area (Å²) in [6.45, 7) is -0.0448. The smallest absolute Gasteiger partial charge is 0.265 e. The van der Waals surface area contributed by atoms with Gasteiger partial charge in [-0.15, -0.1) is 11.3 Å². The predicted octanol–water partition coefficient (Wildman–Crippen LogP) is 1.04. The van der Waals surface area contributed by atoms with Gasteiger partial charge in [0.25, 0.3) is 5.91 Å². The molecule has 114 valence electrons. The molecule has 1 aromatic heterocycles. The third-order valence-corrected chi connectivity index (χ3v) is 3.59. The van der Waals surface area contributed by atoms with Gasteiger partial charge >= 0.3 is 0 Å². The van der Waals surface area contributed by atoms with E-state index in [9.17, 15) is 9.59 Å². The quantitative estimate of drug-likeness (QED) is 0.879. The van der Waals surface area contributed by atoms with Crippen molar-refractivity contribution >= 4 is 28.3 Å². The van der Waals surface area contributed by atoms with E-state index < -0.39 is 12.0 Å². The highest BCUT2D eigenvalue weighted by molar-refractivity contribution is 7.13. The summed E-state index contributed by atoms with van der Waals surface area (Å²) >= 11 is 1.31. The van der Waals surface area contributed by atoms with Gasteiger partial charge in [0.1, 0.15) is 6.61 Å². The van der Waals surface area contributed by atoms with Crippen LogP contribution in [0.15, 0.2) is 35.8 Å². The van der Waals surface area contributed by atoms with Gasteiger partial charge in [-0.2, -0.15) is 0 Å². The van der Waals surface area contributed by atoms with Crippen molar-refractivity contribution in [3.05, 3.63) is 35.8 Å². The minimum atomic E-state index is -0.775. The zero-order valence-electron chi connectivity index (χ0n) is 11.4. The van der Waals surface area contributed by atoms with Crippen molar-refractivity contribution in [3.8, 4) is 11.5 Å². The number of aromatic nitrogens is 1. The van der Waals surface area contributed by atoms with Gasteiger partial charge in [-0.05, 0) is 12.1 Å². The van der Waals surface area contributed by atoms with E-state index in [4.69, 9.17) is 9.47 Å². The van der Waals surface area contributed by atoms with Crippen LogP contribution in [-0.2, 0) is 9.59 Å². The Balaban J connectivity index is 1.49. The van der Waals surface area contributed by atoms with E-state index in [0.29, 0.717) is 16.6 Å². The minimum Gasteiger partial charge on any atom is -0.485 e. The van der Waals surface area contributed by atoms with Crippen LogP contribution in [0.2, 0.25) is 0 Å². The van der Waals surface area contributed by atoms with Gasteiger partial charge in [0.05, 0.1) is 6.54 Å². The molecule has 0 aliphatic carbocycles. The third kappa shape index (κ3) is 3.34. The lowest BCUT2D eigenvalue weighted by Gasteiger charge is -2.25. The van der Waals surface area contributed by atoms with Crippen molar-refractivity contribution in [1.29, 1.82) is 0 Å². The maximum Gasteiger partial charge on any atom is 0.265 e. The first-order chi connectivity index (χ1) is 10.7. The second-order valence-corrected chi connectivity index (χ2v) is 5.36. The molecule has 2 N–H and O–H groups in total. The van der Waals surface area contributed by atoms with Crippen molar-refractivity contribution in [2.24, 2.45) is 0 Å². The molecule has 1 aromatic carbocycles. The molecule has 0 bridgehead atoms. The Bertz CT molecular complexity index is 674. The highest BCUT2D eigenvalue weighted by atomic mass is 32.1. The Hall–Kier alpha value is -2.61. The number of fused-ring (bicyclic) bond motifs is 1. The number of para-hydroxylation sites is 2. The molecule has 1 aliphatic rings. The summed E-state index contributed by atoms with van der Waals surface area (Å²) in [4.78, 5) is 27.6. The SMILES string of the molecule is O=C(CNC(=O)[C@@H]1COc2ccccc2O1)Nc1nccs1. The number of thiazole rings is 1. The van der Waals surface area contributed by atoms with E-state index >= 15 is 0 Å². The number of nitrogens with one attached hydrogen (secondary N) is 2. The van der Waals surface area contributed by atoms with Crippen molar-refractivity contribution in [3.63, 3.8) is 0 Å². The second-order valence-electron chi connectivity index (χ2n) is 4.47. The first-order valence-electron chi connectivity index (χ1n) is 6.58. The Morgan fingerprint density at radius 2 is 2.14 bits per heavy atom. The highest BCUT2D eigenvalue weighted by Gasteiger charge is 2.27. The number of amides is 2. The summed E-state index contributed by atoms with van der Waals surface area (Å²) in [5.41, 5.74) is 0. The Labute approximate surface area is 130 Å². The van der Waals surface area contributed by atoms with Crippen molar-refractivity contribution in [2.45, 2.75) is 6.10 Å². The molecule has 0 unspecified atom stereocenters. The van der Waals surface area contributed by atoms with Gasteiger partial charge in [-0.1, -0.05) is 12.1 Å². The van der Waals surface area contributed by atoms with Crippen LogP contribution < -0.4 is 20.1 Å². The molecule has 2 amide bonds. The van der Waals surface area contributed by atoms with Gasteiger partial charge < -0.3 is 20.1 Å². The van der Waals surface area contributed by atoms with Crippen LogP contribution in [0.25, 0.3) is 0 Å². The molecule has 8 heteroatoms. The summed E-state index contributed by atoms with van der Waals surface area (Å²) in [7, 11) is 0. The maximum absolute atomic E-state index is 12.0. The monoisotopic (exact) mass is 319 g/mol. The number of carbonyl (C=O) groups excluding carboxylic acids is 2. The Morgan fingerprint density at radius 3 is 2.91 bits per heavy atom. The van der Waals surface area contributed by atoms with Gasteiger partial charge in [0.15, 0.2) is 16.6 Å². The summed E-state index contributed by atoms with van der Waals surface area (Å²) in [6.07, 6.45) is 0.811. The Kier molecular flexibility index (Phi) is 4.19. The number of benzene rings is 1. The molecule has 0 fully saturated rings. The predicted molar refractivity (Wildman–Crippen MR) is 80.1 cm³/mol. The van der Waals surface area contributed by atoms with Gasteiger partial charge in [-0.25, -0.2) is 4.98 Å². The van der Waals surface area contributed by atoms with Crippen LogP contribution in [-0.4, -0.2) is 36.1 Å². The van der Waals surface area contributed by atoms with Crippen molar-refractivity contribution in [1.82, 2.24) is 10.3 Å².